The highest BCUT2D eigenvalue weighted by atomic mass is 32.2. The Morgan fingerprint density at radius 3 is 2.12 bits per heavy atom. The van der Waals surface area contributed by atoms with Crippen molar-refractivity contribution in [2.75, 3.05) is 6.54 Å². The van der Waals surface area contributed by atoms with E-state index in [1.807, 2.05) is 13.8 Å². The molecule has 1 atom stereocenters. The van der Waals surface area contributed by atoms with Crippen molar-refractivity contribution in [1.29, 1.82) is 0 Å². The summed E-state index contributed by atoms with van der Waals surface area (Å²) in [5.74, 6) is -1.94. The van der Waals surface area contributed by atoms with E-state index in [0.29, 0.717) is 12.3 Å². The summed E-state index contributed by atoms with van der Waals surface area (Å²) in [5.41, 5.74) is 5.53. The van der Waals surface area contributed by atoms with Crippen LogP contribution >= 0.6 is 0 Å². The summed E-state index contributed by atoms with van der Waals surface area (Å²) >= 11 is 0. The number of nitrogens with one attached hydrogen (secondary N) is 1. The van der Waals surface area contributed by atoms with Crippen molar-refractivity contribution in [3.8, 4) is 0 Å². The first-order chi connectivity index (χ1) is 7.55. The molecule has 0 aromatic heterocycles. The minimum Gasteiger partial charge on any atom is -0.479 e. The van der Waals surface area contributed by atoms with E-state index in [9.17, 15) is 13.2 Å². The molecule has 0 bridgehead atoms. The average molecular weight is 266 g/mol. The molecule has 0 aromatic rings. The number of hydrogen-bond acceptors (Lipinski definition) is 4. The summed E-state index contributed by atoms with van der Waals surface area (Å²) in [6, 6.07) is 0. The van der Waals surface area contributed by atoms with Crippen molar-refractivity contribution < 1.29 is 18.3 Å². The van der Waals surface area contributed by atoms with Gasteiger partial charge >= 0.3 is 5.97 Å². The van der Waals surface area contributed by atoms with E-state index in [1.54, 1.807) is 0 Å². The van der Waals surface area contributed by atoms with Gasteiger partial charge in [-0.15, -0.1) is 0 Å². The highest BCUT2D eigenvalue weighted by Gasteiger charge is 2.50. The number of carboxylic acid groups (broad SMARTS) is 1. The van der Waals surface area contributed by atoms with Gasteiger partial charge in [0.15, 0.2) is 0 Å². The van der Waals surface area contributed by atoms with Gasteiger partial charge in [0.25, 0.3) is 0 Å². The van der Waals surface area contributed by atoms with E-state index in [0.717, 1.165) is 0 Å². The molecule has 0 radical (unpaired) electrons. The minimum absolute atomic E-state index is 0.193. The van der Waals surface area contributed by atoms with Crippen LogP contribution < -0.4 is 10.5 Å². The summed E-state index contributed by atoms with van der Waals surface area (Å²) in [4.78, 5) is 8.77. The Kier molecular flexibility index (Phi) is 5.57. The second-order valence-electron chi connectivity index (χ2n) is 4.83. The molecule has 0 rings (SSSR count). The molecule has 0 spiro atoms. The van der Waals surface area contributed by atoms with Gasteiger partial charge in [-0.1, -0.05) is 27.7 Å². The van der Waals surface area contributed by atoms with Crippen molar-refractivity contribution in [2.24, 2.45) is 17.6 Å². The van der Waals surface area contributed by atoms with Gasteiger partial charge in [-0.05, 0) is 18.3 Å². The van der Waals surface area contributed by atoms with Gasteiger partial charge in [-0.3, -0.25) is 0 Å². The Morgan fingerprint density at radius 1 is 1.35 bits per heavy atom. The molecule has 102 valence electrons. The molecule has 17 heavy (non-hydrogen) atoms. The lowest BCUT2D eigenvalue weighted by Gasteiger charge is -2.28. The fraction of sp³-hybridized carbons (Fsp3) is 0.900. The fourth-order valence-corrected chi connectivity index (χ4v) is 2.75. The molecule has 0 aliphatic carbocycles. The molecule has 0 aromatic carbocycles. The number of aliphatic carboxylic acids is 1. The maximum atomic E-state index is 11.9. The van der Waals surface area contributed by atoms with Crippen LogP contribution in [0.4, 0.5) is 0 Å². The van der Waals surface area contributed by atoms with Gasteiger partial charge in [-0.25, -0.2) is 17.9 Å². The smallest absolute Gasteiger partial charge is 0.341 e. The van der Waals surface area contributed by atoms with Gasteiger partial charge in [0.1, 0.15) is 0 Å². The SMILES string of the molecule is CC(C)CCNS(=O)(=O)C(N)(C(=O)O)C(C)C. The van der Waals surface area contributed by atoms with Crippen LogP contribution in [0, 0.1) is 11.8 Å². The standard InChI is InChI=1S/C10H22N2O4S/c1-7(2)5-6-12-17(15,16)10(11,8(3)4)9(13)14/h7-8,12H,5-6,11H2,1-4H3,(H,13,14). The lowest BCUT2D eigenvalue weighted by atomic mass is 10.1. The molecular formula is C10H22N2O4S. The molecular weight excluding hydrogens is 244 g/mol. The van der Waals surface area contributed by atoms with Crippen molar-refractivity contribution in [1.82, 2.24) is 4.72 Å². The third-order valence-corrected chi connectivity index (χ3v) is 4.77. The normalized spacial score (nSPS) is 16.2. The summed E-state index contributed by atoms with van der Waals surface area (Å²) in [5, 5.41) is 9.00. The van der Waals surface area contributed by atoms with E-state index in [-0.39, 0.29) is 6.54 Å². The van der Waals surface area contributed by atoms with Crippen molar-refractivity contribution in [3.05, 3.63) is 0 Å². The zero-order valence-corrected chi connectivity index (χ0v) is 11.5. The number of rotatable bonds is 7. The molecule has 4 N–H and O–H groups in total. The zero-order chi connectivity index (χ0) is 13.9. The quantitative estimate of drug-likeness (QED) is 0.616. The second kappa shape index (κ2) is 5.79. The summed E-state index contributed by atoms with van der Waals surface area (Å²) < 4.78 is 26.1. The number of sulfonamides is 1. The van der Waals surface area contributed by atoms with Gasteiger partial charge in [0.05, 0.1) is 0 Å². The lowest BCUT2D eigenvalue weighted by Crippen LogP contribution is -2.62. The van der Waals surface area contributed by atoms with E-state index in [4.69, 9.17) is 10.8 Å². The first-order valence-corrected chi connectivity index (χ1v) is 7.05. The van der Waals surface area contributed by atoms with Crippen molar-refractivity contribution in [2.45, 2.75) is 39.0 Å². The van der Waals surface area contributed by atoms with Crippen LogP contribution in [0.3, 0.4) is 0 Å². The van der Waals surface area contributed by atoms with Crippen LogP contribution in [-0.4, -0.2) is 30.9 Å². The predicted octanol–water partition coefficient (Wildman–Crippen LogP) is 0.348. The minimum atomic E-state index is -4.09. The molecule has 1 unspecified atom stereocenters. The summed E-state index contributed by atoms with van der Waals surface area (Å²) in [7, 11) is -4.09. The second-order valence-corrected chi connectivity index (χ2v) is 6.80. The van der Waals surface area contributed by atoms with Gasteiger partial charge in [-0.2, -0.15) is 0 Å². The monoisotopic (exact) mass is 266 g/mol. The Balaban J connectivity index is 4.94. The van der Waals surface area contributed by atoms with Crippen molar-refractivity contribution >= 4 is 16.0 Å². The Bertz CT molecular complexity index is 365. The van der Waals surface area contributed by atoms with E-state index in [1.165, 1.54) is 13.8 Å². The maximum absolute atomic E-state index is 11.9. The largest absolute Gasteiger partial charge is 0.479 e. The summed E-state index contributed by atoms with van der Waals surface area (Å²) in [6.07, 6.45) is 0.632. The van der Waals surface area contributed by atoms with E-state index in [2.05, 4.69) is 4.72 Å². The van der Waals surface area contributed by atoms with Gasteiger partial charge < -0.3 is 10.8 Å². The number of carbonyl (C=O) groups is 1. The first-order valence-electron chi connectivity index (χ1n) is 5.57. The zero-order valence-electron chi connectivity index (χ0n) is 10.7. The van der Waals surface area contributed by atoms with Gasteiger partial charge in [0, 0.05) is 6.54 Å². The molecule has 0 heterocycles. The first kappa shape index (κ1) is 16.3. The molecule has 0 fully saturated rings. The molecule has 0 aliphatic rings. The molecule has 0 saturated carbocycles. The van der Waals surface area contributed by atoms with Crippen molar-refractivity contribution in [3.63, 3.8) is 0 Å². The topological polar surface area (TPSA) is 109 Å². The van der Waals surface area contributed by atoms with Crippen LogP contribution in [0.1, 0.15) is 34.1 Å². The van der Waals surface area contributed by atoms with Crippen LogP contribution in [0.15, 0.2) is 0 Å². The fourth-order valence-electron chi connectivity index (χ4n) is 1.27. The number of nitrogens with two attached hydrogens (primary N) is 1. The van der Waals surface area contributed by atoms with E-state index >= 15 is 0 Å². The lowest BCUT2D eigenvalue weighted by molar-refractivity contribution is -0.141. The number of hydrogen-bond donors (Lipinski definition) is 3. The third-order valence-electron chi connectivity index (χ3n) is 2.65. The maximum Gasteiger partial charge on any atom is 0.341 e. The summed E-state index contributed by atoms with van der Waals surface area (Å²) in [6.45, 7) is 7.03. The molecule has 0 saturated heterocycles. The Labute approximate surface area is 103 Å². The predicted molar refractivity (Wildman–Crippen MR) is 65.8 cm³/mol. The van der Waals surface area contributed by atoms with Crippen LogP contribution in [0.5, 0.6) is 0 Å². The Hall–Kier alpha value is -0.660. The van der Waals surface area contributed by atoms with Crippen LogP contribution in [-0.2, 0) is 14.8 Å². The van der Waals surface area contributed by atoms with Gasteiger partial charge in [0.2, 0.25) is 14.9 Å². The molecule has 0 amide bonds. The molecule has 0 aliphatic heterocycles. The van der Waals surface area contributed by atoms with E-state index < -0.39 is 26.8 Å². The highest BCUT2D eigenvalue weighted by molar-refractivity contribution is 7.91. The van der Waals surface area contributed by atoms with Crippen LogP contribution in [0.2, 0.25) is 0 Å². The van der Waals surface area contributed by atoms with Crippen LogP contribution in [0.25, 0.3) is 0 Å². The Morgan fingerprint density at radius 2 is 1.82 bits per heavy atom. The third kappa shape index (κ3) is 3.65. The number of carboxylic acids is 1. The molecule has 7 heteroatoms. The average Bonchev–Trinajstić information content (AvgIpc) is 2.14. The highest BCUT2D eigenvalue weighted by Crippen LogP contribution is 2.20. The molecule has 6 nitrogen and oxygen atoms in total.